The van der Waals surface area contributed by atoms with Crippen LogP contribution in [0, 0.1) is 13.8 Å². The van der Waals surface area contributed by atoms with Crippen molar-refractivity contribution < 1.29 is 19.1 Å². The van der Waals surface area contributed by atoms with Crippen LogP contribution in [0.15, 0.2) is 42.5 Å². The third-order valence-electron chi connectivity index (χ3n) is 6.78. The van der Waals surface area contributed by atoms with Crippen molar-refractivity contribution in [3.8, 4) is 5.75 Å². The number of hydrogen-bond donors (Lipinski definition) is 3. The molecule has 0 aliphatic heterocycles. The Morgan fingerprint density at radius 2 is 1.76 bits per heavy atom. The highest BCUT2D eigenvalue weighted by Crippen LogP contribution is 2.35. The Morgan fingerprint density at radius 1 is 1.08 bits per heavy atom. The standard InChI is InChI=1S/C27H31N5O4S/c1-15-8-11-19(14-16(15)2)32(27(35)24-21(28)22(25(29)33)31-37-24)23(17-9-12-20(36-3)13-10-17)26(34)30-18-6-4-5-7-18/h8-14,18,23H,4-7,28H2,1-3H3,(H2,29,33)(H,30,34)/t23-/m0/s1. The number of aryl methyl sites for hydroxylation is 2. The average Bonchev–Trinajstić information content (AvgIpc) is 3.53. The molecule has 10 heteroatoms. The Kier molecular flexibility index (Phi) is 7.77. The fourth-order valence-corrected chi connectivity index (χ4v) is 5.29. The van der Waals surface area contributed by atoms with Gasteiger partial charge in [-0.15, -0.1) is 0 Å². The predicted octanol–water partition coefficient (Wildman–Crippen LogP) is 3.90. The summed E-state index contributed by atoms with van der Waals surface area (Å²) in [6, 6.07) is 11.6. The van der Waals surface area contributed by atoms with Crippen LogP contribution in [0.25, 0.3) is 0 Å². The lowest BCUT2D eigenvalue weighted by Gasteiger charge is -2.32. The van der Waals surface area contributed by atoms with Gasteiger partial charge in [0.1, 0.15) is 16.7 Å². The number of methoxy groups -OCH3 is 1. The summed E-state index contributed by atoms with van der Waals surface area (Å²) < 4.78 is 9.31. The molecular formula is C27H31N5O4S. The van der Waals surface area contributed by atoms with E-state index in [1.807, 2.05) is 26.0 Å². The normalized spacial score (nSPS) is 14.2. The highest BCUT2D eigenvalue weighted by atomic mass is 32.1. The van der Waals surface area contributed by atoms with Crippen molar-refractivity contribution >= 4 is 40.6 Å². The number of carbonyl (C=O) groups excluding carboxylic acids is 3. The van der Waals surface area contributed by atoms with E-state index in [1.54, 1.807) is 37.4 Å². The van der Waals surface area contributed by atoms with Gasteiger partial charge in [0.2, 0.25) is 5.91 Å². The topological polar surface area (TPSA) is 141 Å². The van der Waals surface area contributed by atoms with E-state index in [-0.39, 0.29) is 28.2 Å². The molecule has 0 unspecified atom stereocenters. The largest absolute Gasteiger partial charge is 0.497 e. The maximum Gasteiger partial charge on any atom is 0.273 e. The van der Waals surface area contributed by atoms with Gasteiger partial charge in [-0.25, -0.2) is 0 Å². The van der Waals surface area contributed by atoms with Gasteiger partial charge in [0.15, 0.2) is 5.69 Å². The molecule has 1 fully saturated rings. The average molecular weight is 522 g/mol. The van der Waals surface area contributed by atoms with Gasteiger partial charge in [0, 0.05) is 11.7 Å². The Labute approximate surface area is 220 Å². The molecule has 1 aliphatic carbocycles. The smallest absolute Gasteiger partial charge is 0.273 e. The number of nitrogens with one attached hydrogen (secondary N) is 1. The molecule has 4 rings (SSSR count). The highest BCUT2D eigenvalue weighted by molar-refractivity contribution is 7.09. The third-order valence-corrected chi connectivity index (χ3v) is 7.63. The van der Waals surface area contributed by atoms with E-state index in [0.717, 1.165) is 48.3 Å². The highest BCUT2D eigenvalue weighted by Gasteiger charge is 2.37. The van der Waals surface area contributed by atoms with E-state index in [1.165, 1.54) is 4.90 Å². The number of benzene rings is 2. The van der Waals surface area contributed by atoms with Crippen LogP contribution in [0.1, 0.15) is 68.6 Å². The van der Waals surface area contributed by atoms with Crippen LogP contribution in [-0.4, -0.2) is 35.2 Å². The van der Waals surface area contributed by atoms with Crippen LogP contribution < -0.4 is 26.4 Å². The molecule has 0 spiro atoms. The second kappa shape index (κ2) is 11.0. The molecule has 1 saturated carbocycles. The predicted molar refractivity (Wildman–Crippen MR) is 144 cm³/mol. The molecule has 0 radical (unpaired) electrons. The lowest BCUT2D eigenvalue weighted by molar-refractivity contribution is -0.123. The number of amides is 3. The number of aromatic nitrogens is 1. The van der Waals surface area contributed by atoms with Crippen molar-refractivity contribution in [3.63, 3.8) is 0 Å². The second-order valence-electron chi connectivity index (χ2n) is 9.25. The summed E-state index contributed by atoms with van der Waals surface area (Å²) >= 11 is 0.787. The zero-order chi connectivity index (χ0) is 26.7. The lowest BCUT2D eigenvalue weighted by Crippen LogP contribution is -2.46. The molecule has 1 atom stereocenters. The van der Waals surface area contributed by atoms with Crippen LogP contribution in [0.2, 0.25) is 0 Å². The van der Waals surface area contributed by atoms with Gasteiger partial charge >= 0.3 is 0 Å². The van der Waals surface area contributed by atoms with Crippen molar-refractivity contribution in [2.75, 3.05) is 17.7 Å². The molecule has 3 amide bonds. The van der Waals surface area contributed by atoms with Crippen molar-refractivity contribution in [1.82, 2.24) is 9.69 Å². The summed E-state index contributed by atoms with van der Waals surface area (Å²) in [5.74, 6) is -1.05. The fourth-order valence-electron chi connectivity index (χ4n) is 4.55. The third kappa shape index (κ3) is 5.43. The minimum atomic E-state index is -1.01. The number of primary amides is 1. The first-order valence-corrected chi connectivity index (χ1v) is 12.9. The Morgan fingerprint density at radius 3 is 2.32 bits per heavy atom. The van der Waals surface area contributed by atoms with Gasteiger partial charge in [0.05, 0.1) is 12.8 Å². The second-order valence-corrected chi connectivity index (χ2v) is 10.0. The number of nitrogens with two attached hydrogens (primary N) is 2. The maximum atomic E-state index is 14.1. The number of carbonyl (C=O) groups is 3. The summed E-state index contributed by atoms with van der Waals surface area (Å²) in [4.78, 5) is 41.3. The summed E-state index contributed by atoms with van der Waals surface area (Å²) in [6.07, 6.45) is 3.88. The summed E-state index contributed by atoms with van der Waals surface area (Å²) in [5, 5.41) is 3.14. The molecular weight excluding hydrogens is 490 g/mol. The van der Waals surface area contributed by atoms with E-state index >= 15 is 0 Å². The van der Waals surface area contributed by atoms with E-state index in [4.69, 9.17) is 16.2 Å². The van der Waals surface area contributed by atoms with Gasteiger partial charge in [-0.2, -0.15) is 4.37 Å². The van der Waals surface area contributed by atoms with Crippen molar-refractivity contribution in [2.45, 2.75) is 51.6 Å². The summed E-state index contributed by atoms with van der Waals surface area (Å²) in [5.41, 5.74) is 14.4. The van der Waals surface area contributed by atoms with Crippen LogP contribution in [0.5, 0.6) is 5.75 Å². The first-order valence-electron chi connectivity index (χ1n) is 12.1. The SMILES string of the molecule is COc1ccc([C@@H](C(=O)NC2CCCC2)N(C(=O)c2snc(C(N)=O)c2N)c2ccc(C)c(C)c2)cc1. The quantitative estimate of drug-likeness (QED) is 0.411. The van der Waals surface area contributed by atoms with E-state index in [0.29, 0.717) is 17.0 Å². The van der Waals surface area contributed by atoms with E-state index < -0.39 is 17.9 Å². The minimum absolute atomic E-state index is 0.0409. The fraction of sp³-hybridized carbons (Fsp3) is 0.333. The van der Waals surface area contributed by atoms with Gasteiger partial charge in [0.25, 0.3) is 11.8 Å². The molecule has 1 aliphatic rings. The molecule has 0 bridgehead atoms. The Bertz CT molecular complexity index is 1310. The van der Waals surface area contributed by atoms with Crippen LogP contribution in [-0.2, 0) is 4.79 Å². The zero-order valence-electron chi connectivity index (χ0n) is 21.1. The van der Waals surface area contributed by atoms with Crippen LogP contribution in [0.3, 0.4) is 0 Å². The molecule has 1 heterocycles. The maximum absolute atomic E-state index is 14.1. The molecule has 3 aromatic rings. The first kappa shape index (κ1) is 26.2. The van der Waals surface area contributed by atoms with Gasteiger partial charge in [-0.05, 0) is 79.2 Å². The molecule has 37 heavy (non-hydrogen) atoms. The molecule has 194 valence electrons. The van der Waals surface area contributed by atoms with Gasteiger partial charge in [-0.1, -0.05) is 31.0 Å². The van der Waals surface area contributed by atoms with Gasteiger partial charge in [-0.3, -0.25) is 19.3 Å². The number of nitrogens with zero attached hydrogens (tertiary/aromatic N) is 2. The zero-order valence-corrected chi connectivity index (χ0v) is 21.9. The minimum Gasteiger partial charge on any atom is -0.497 e. The van der Waals surface area contributed by atoms with Crippen molar-refractivity contribution in [2.24, 2.45) is 5.73 Å². The van der Waals surface area contributed by atoms with E-state index in [2.05, 4.69) is 9.69 Å². The molecule has 1 aromatic heterocycles. The van der Waals surface area contributed by atoms with Gasteiger partial charge < -0.3 is 21.5 Å². The molecule has 9 nitrogen and oxygen atoms in total. The number of anilines is 2. The Hall–Kier alpha value is -3.92. The van der Waals surface area contributed by atoms with Crippen molar-refractivity contribution in [1.29, 1.82) is 0 Å². The number of nitrogen functional groups attached to an aromatic ring is 1. The number of rotatable bonds is 8. The molecule has 5 N–H and O–H groups in total. The summed E-state index contributed by atoms with van der Waals surface area (Å²) in [7, 11) is 1.56. The number of ether oxygens (including phenoxy) is 1. The van der Waals surface area contributed by atoms with Crippen LogP contribution >= 0.6 is 11.5 Å². The van der Waals surface area contributed by atoms with E-state index in [9.17, 15) is 14.4 Å². The molecule has 2 aromatic carbocycles. The summed E-state index contributed by atoms with van der Waals surface area (Å²) in [6.45, 7) is 3.91. The monoisotopic (exact) mass is 521 g/mol. The Balaban J connectivity index is 1.87. The lowest BCUT2D eigenvalue weighted by atomic mass is 10.0. The first-order chi connectivity index (χ1) is 17.7. The number of hydrogen-bond acceptors (Lipinski definition) is 7. The van der Waals surface area contributed by atoms with Crippen LogP contribution in [0.4, 0.5) is 11.4 Å². The molecule has 0 saturated heterocycles. The van der Waals surface area contributed by atoms with Crippen molar-refractivity contribution in [3.05, 3.63) is 69.7 Å².